The van der Waals surface area contributed by atoms with Crippen molar-refractivity contribution >= 4 is 11.3 Å². The van der Waals surface area contributed by atoms with E-state index in [0.717, 1.165) is 18.0 Å². The van der Waals surface area contributed by atoms with E-state index < -0.39 is 0 Å². The molecule has 1 unspecified atom stereocenters. The average Bonchev–Trinajstić information content (AvgIpc) is 2.76. The van der Waals surface area contributed by atoms with Gasteiger partial charge in [0.25, 0.3) is 0 Å². The number of aromatic nitrogens is 1. The van der Waals surface area contributed by atoms with Crippen LogP contribution < -0.4 is 5.32 Å². The quantitative estimate of drug-likeness (QED) is 0.920. The largest absolute Gasteiger partial charge is 0.317 e. The number of nitrogens with zero attached hydrogens (tertiary/aromatic N) is 1. The topological polar surface area (TPSA) is 24.9 Å². The summed E-state index contributed by atoms with van der Waals surface area (Å²) in [6, 6.07) is 10.5. The third kappa shape index (κ3) is 3.43. The molecule has 19 heavy (non-hydrogen) atoms. The van der Waals surface area contributed by atoms with Crippen LogP contribution in [0.3, 0.4) is 0 Å². The molecule has 1 fully saturated rings. The molecule has 100 valence electrons. The van der Waals surface area contributed by atoms with E-state index in [4.69, 9.17) is 4.98 Å². The van der Waals surface area contributed by atoms with Crippen LogP contribution in [0.25, 0.3) is 11.3 Å². The fraction of sp³-hybridized carbons (Fsp3) is 0.438. The van der Waals surface area contributed by atoms with Crippen LogP contribution in [0.5, 0.6) is 0 Å². The molecule has 1 aromatic carbocycles. The molecule has 0 amide bonds. The van der Waals surface area contributed by atoms with Crippen molar-refractivity contribution < 1.29 is 0 Å². The second kappa shape index (κ2) is 6.31. The van der Waals surface area contributed by atoms with E-state index in [1.165, 1.54) is 42.9 Å². The summed E-state index contributed by atoms with van der Waals surface area (Å²) < 4.78 is 0. The third-order valence-corrected chi connectivity index (χ3v) is 4.65. The van der Waals surface area contributed by atoms with Crippen molar-refractivity contribution in [3.63, 3.8) is 0 Å². The van der Waals surface area contributed by atoms with E-state index in [1.54, 1.807) is 0 Å². The Kier molecular flexibility index (Phi) is 4.26. The summed E-state index contributed by atoms with van der Waals surface area (Å²) in [4.78, 5) is 4.80. The van der Waals surface area contributed by atoms with Gasteiger partial charge in [0.15, 0.2) is 0 Å². The lowest BCUT2D eigenvalue weighted by molar-refractivity contribution is 0.469. The summed E-state index contributed by atoms with van der Waals surface area (Å²) in [6.07, 6.45) is 5.09. The molecule has 2 aromatic rings. The second-order valence-electron chi connectivity index (χ2n) is 5.24. The number of benzene rings is 1. The van der Waals surface area contributed by atoms with Crippen LogP contribution in [0.4, 0.5) is 0 Å². The molecule has 2 heterocycles. The highest BCUT2D eigenvalue weighted by molar-refractivity contribution is 7.09. The van der Waals surface area contributed by atoms with E-state index in [0.29, 0.717) is 0 Å². The highest BCUT2D eigenvalue weighted by atomic mass is 32.1. The van der Waals surface area contributed by atoms with Gasteiger partial charge >= 0.3 is 0 Å². The minimum Gasteiger partial charge on any atom is -0.317 e. The molecule has 0 bridgehead atoms. The van der Waals surface area contributed by atoms with E-state index in [2.05, 4.69) is 41.0 Å². The van der Waals surface area contributed by atoms with Crippen molar-refractivity contribution in [2.24, 2.45) is 5.92 Å². The maximum atomic E-state index is 4.80. The molecule has 1 N–H and O–H groups in total. The maximum Gasteiger partial charge on any atom is 0.0935 e. The van der Waals surface area contributed by atoms with Crippen LogP contribution >= 0.6 is 11.3 Å². The summed E-state index contributed by atoms with van der Waals surface area (Å²) >= 11 is 1.81. The van der Waals surface area contributed by atoms with Gasteiger partial charge < -0.3 is 5.32 Å². The van der Waals surface area contributed by atoms with Crippen LogP contribution in [0.15, 0.2) is 35.7 Å². The van der Waals surface area contributed by atoms with Crippen molar-refractivity contribution in [3.05, 3.63) is 40.7 Å². The first-order chi connectivity index (χ1) is 9.42. The van der Waals surface area contributed by atoms with Gasteiger partial charge in [0.2, 0.25) is 0 Å². The Labute approximate surface area is 118 Å². The number of hydrogen-bond acceptors (Lipinski definition) is 3. The monoisotopic (exact) mass is 272 g/mol. The first-order valence-corrected chi connectivity index (χ1v) is 8.00. The van der Waals surface area contributed by atoms with Gasteiger partial charge in [-0.25, -0.2) is 4.98 Å². The molecule has 3 heteroatoms. The molecular weight excluding hydrogens is 252 g/mol. The van der Waals surface area contributed by atoms with Gasteiger partial charge in [-0.05, 0) is 38.3 Å². The van der Waals surface area contributed by atoms with Crippen molar-refractivity contribution in [1.82, 2.24) is 10.3 Å². The predicted octanol–water partition coefficient (Wildman–Crippen LogP) is 3.74. The molecule has 0 saturated carbocycles. The lowest BCUT2D eigenvalue weighted by Gasteiger charge is -2.10. The Bertz CT molecular complexity index is 498. The first kappa shape index (κ1) is 12.8. The van der Waals surface area contributed by atoms with Gasteiger partial charge in [-0.2, -0.15) is 0 Å². The van der Waals surface area contributed by atoms with Crippen molar-refractivity contribution in [2.45, 2.75) is 25.7 Å². The molecule has 1 aromatic heterocycles. The smallest absolute Gasteiger partial charge is 0.0935 e. The minimum atomic E-state index is 0.810. The van der Waals surface area contributed by atoms with Gasteiger partial charge in [-0.1, -0.05) is 30.3 Å². The number of thiazole rings is 1. The van der Waals surface area contributed by atoms with Gasteiger partial charge in [0.1, 0.15) is 0 Å². The molecule has 3 rings (SSSR count). The number of hydrogen-bond donors (Lipinski definition) is 1. The van der Waals surface area contributed by atoms with E-state index in [-0.39, 0.29) is 0 Å². The Hall–Kier alpha value is -1.19. The Balaban J connectivity index is 1.68. The standard InChI is InChI=1S/C16H20N2S/c1-2-6-14(7-3-1)15-12-19-16(18-15)11-13-5-4-9-17-10-8-13/h1-3,6-7,12-13,17H,4-5,8-11H2. The lowest BCUT2D eigenvalue weighted by atomic mass is 9.97. The zero-order valence-corrected chi connectivity index (χ0v) is 12.0. The zero-order valence-electron chi connectivity index (χ0n) is 11.1. The van der Waals surface area contributed by atoms with Gasteiger partial charge in [0.05, 0.1) is 10.7 Å². The van der Waals surface area contributed by atoms with Crippen LogP contribution in [0.1, 0.15) is 24.3 Å². The Morgan fingerprint density at radius 3 is 2.95 bits per heavy atom. The van der Waals surface area contributed by atoms with Gasteiger partial charge in [-0.15, -0.1) is 11.3 Å². The van der Waals surface area contributed by atoms with E-state index >= 15 is 0 Å². The molecule has 1 aliphatic heterocycles. The zero-order chi connectivity index (χ0) is 12.9. The summed E-state index contributed by atoms with van der Waals surface area (Å²) in [5.41, 5.74) is 2.36. The van der Waals surface area contributed by atoms with Gasteiger partial charge in [0, 0.05) is 17.4 Å². The van der Waals surface area contributed by atoms with Crippen molar-refractivity contribution in [3.8, 4) is 11.3 Å². The maximum absolute atomic E-state index is 4.80. The summed E-state index contributed by atoms with van der Waals surface area (Å²) in [7, 11) is 0. The normalized spacial score (nSPS) is 20.1. The van der Waals surface area contributed by atoms with Crippen LogP contribution in [-0.4, -0.2) is 18.1 Å². The summed E-state index contributed by atoms with van der Waals surface area (Å²) in [5.74, 6) is 0.810. The fourth-order valence-corrected chi connectivity index (χ4v) is 3.61. The Morgan fingerprint density at radius 1 is 1.16 bits per heavy atom. The fourth-order valence-electron chi connectivity index (χ4n) is 2.69. The predicted molar refractivity (Wildman–Crippen MR) is 81.5 cm³/mol. The SMILES string of the molecule is c1ccc(-c2csc(CC3CCCNCC3)n2)cc1. The lowest BCUT2D eigenvalue weighted by Crippen LogP contribution is -2.14. The highest BCUT2D eigenvalue weighted by Gasteiger charge is 2.14. The molecule has 1 aliphatic rings. The van der Waals surface area contributed by atoms with E-state index in [9.17, 15) is 0 Å². The average molecular weight is 272 g/mol. The van der Waals surface area contributed by atoms with E-state index in [1.807, 2.05) is 11.3 Å². The molecular formula is C16H20N2S. The van der Waals surface area contributed by atoms with Crippen LogP contribution in [-0.2, 0) is 6.42 Å². The number of rotatable bonds is 3. The molecule has 0 aliphatic carbocycles. The van der Waals surface area contributed by atoms with Crippen LogP contribution in [0, 0.1) is 5.92 Å². The highest BCUT2D eigenvalue weighted by Crippen LogP contribution is 2.25. The summed E-state index contributed by atoms with van der Waals surface area (Å²) in [6.45, 7) is 2.35. The Morgan fingerprint density at radius 2 is 2.05 bits per heavy atom. The molecule has 2 nitrogen and oxygen atoms in total. The van der Waals surface area contributed by atoms with Crippen LogP contribution in [0.2, 0.25) is 0 Å². The minimum absolute atomic E-state index is 0.810. The van der Waals surface area contributed by atoms with Gasteiger partial charge in [-0.3, -0.25) is 0 Å². The third-order valence-electron chi connectivity index (χ3n) is 3.78. The molecule has 0 spiro atoms. The van der Waals surface area contributed by atoms with Crippen molar-refractivity contribution in [2.75, 3.05) is 13.1 Å². The molecule has 1 atom stereocenters. The molecule has 0 radical (unpaired) electrons. The van der Waals surface area contributed by atoms with Crippen molar-refractivity contribution in [1.29, 1.82) is 0 Å². The molecule has 1 saturated heterocycles. The first-order valence-electron chi connectivity index (χ1n) is 7.12. The second-order valence-corrected chi connectivity index (χ2v) is 6.19. The summed E-state index contributed by atoms with van der Waals surface area (Å²) in [5, 5.41) is 6.97. The number of nitrogens with one attached hydrogen (secondary N) is 1.